The summed E-state index contributed by atoms with van der Waals surface area (Å²) in [6, 6.07) is 7.18. The van der Waals surface area contributed by atoms with Gasteiger partial charge in [-0.2, -0.15) is 0 Å². The molecule has 2 N–H and O–H groups in total. The molecule has 0 radical (unpaired) electrons. The number of hydrogen-bond acceptors (Lipinski definition) is 2. The highest BCUT2D eigenvalue weighted by Gasteiger charge is 2.06. The number of guanidine groups is 1. The van der Waals surface area contributed by atoms with E-state index in [1.165, 1.54) is 6.07 Å². The summed E-state index contributed by atoms with van der Waals surface area (Å²) < 4.78 is 13.6. The predicted octanol–water partition coefficient (Wildman–Crippen LogP) is 2.23. The summed E-state index contributed by atoms with van der Waals surface area (Å²) in [5.74, 6) is 0.619. The van der Waals surface area contributed by atoms with Gasteiger partial charge in [0, 0.05) is 33.2 Å². The van der Waals surface area contributed by atoms with Crippen molar-refractivity contribution in [2.24, 2.45) is 4.99 Å². The number of nitrogens with one attached hydrogen (secondary N) is 2. The molecule has 0 saturated heterocycles. The number of hydrogen-bond donors (Lipinski definition) is 2. The molecule has 5 heteroatoms. The van der Waals surface area contributed by atoms with E-state index in [1.54, 1.807) is 19.2 Å². The van der Waals surface area contributed by atoms with E-state index in [0.29, 0.717) is 11.7 Å². The van der Waals surface area contributed by atoms with E-state index in [2.05, 4.69) is 29.5 Å². The number of anilines is 1. The van der Waals surface area contributed by atoms with Crippen molar-refractivity contribution in [3.8, 4) is 0 Å². The number of nitrogens with zero attached hydrogens (tertiary/aromatic N) is 2. The Kier molecular flexibility index (Phi) is 6.84. The Labute approximate surface area is 121 Å². The maximum atomic E-state index is 13.6. The van der Waals surface area contributed by atoms with Crippen LogP contribution in [0.1, 0.15) is 20.3 Å². The minimum Gasteiger partial charge on any atom is -0.372 e. The lowest BCUT2D eigenvalue weighted by molar-refractivity contribution is 0.618. The van der Waals surface area contributed by atoms with Crippen molar-refractivity contribution in [3.63, 3.8) is 0 Å². The van der Waals surface area contributed by atoms with E-state index >= 15 is 0 Å². The van der Waals surface area contributed by atoms with Crippen LogP contribution in [0.15, 0.2) is 29.3 Å². The predicted molar refractivity (Wildman–Crippen MR) is 83.9 cm³/mol. The summed E-state index contributed by atoms with van der Waals surface area (Å²) in [7, 11) is 3.66. The fourth-order valence-corrected chi connectivity index (χ4v) is 1.87. The van der Waals surface area contributed by atoms with Crippen LogP contribution in [0.5, 0.6) is 0 Å². The van der Waals surface area contributed by atoms with Gasteiger partial charge >= 0.3 is 0 Å². The van der Waals surface area contributed by atoms with Crippen molar-refractivity contribution in [1.29, 1.82) is 0 Å². The highest BCUT2D eigenvalue weighted by molar-refractivity contribution is 5.79. The second-order valence-electron chi connectivity index (χ2n) is 5.02. The van der Waals surface area contributed by atoms with Gasteiger partial charge in [0.1, 0.15) is 5.82 Å². The Hall–Kier alpha value is -1.78. The zero-order valence-corrected chi connectivity index (χ0v) is 12.8. The molecule has 0 unspecified atom stereocenters. The van der Waals surface area contributed by atoms with Crippen LogP contribution in [-0.4, -0.2) is 39.2 Å². The molecule has 112 valence electrons. The first-order valence-electron chi connectivity index (χ1n) is 6.97. The van der Waals surface area contributed by atoms with Gasteiger partial charge in [0.25, 0.3) is 0 Å². The summed E-state index contributed by atoms with van der Waals surface area (Å²) in [5, 5.41) is 6.46. The van der Waals surface area contributed by atoms with Crippen LogP contribution >= 0.6 is 0 Å². The zero-order chi connectivity index (χ0) is 15.0. The minimum absolute atomic E-state index is 0.180. The van der Waals surface area contributed by atoms with Crippen molar-refractivity contribution in [3.05, 3.63) is 30.1 Å². The lowest BCUT2D eigenvalue weighted by Gasteiger charge is -2.20. The summed E-state index contributed by atoms with van der Waals surface area (Å²) in [6.45, 7) is 5.72. The largest absolute Gasteiger partial charge is 0.372 e. The molecule has 1 aromatic carbocycles. The van der Waals surface area contributed by atoms with Crippen LogP contribution in [0.25, 0.3) is 0 Å². The molecule has 0 aliphatic heterocycles. The maximum absolute atomic E-state index is 13.6. The highest BCUT2D eigenvalue weighted by atomic mass is 19.1. The average Bonchev–Trinajstić information content (AvgIpc) is 2.42. The summed E-state index contributed by atoms with van der Waals surface area (Å²) >= 11 is 0. The van der Waals surface area contributed by atoms with Crippen molar-refractivity contribution in [1.82, 2.24) is 10.6 Å². The van der Waals surface area contributed by atoms with E-state index in [9.17, 15) is 4.39 Å². The quantitative estimate of drug-likeness (QED) is 0.477. The fraction of sp³-hybridized carbons (Fsp3) is 0.533. The fourth-order valence-electron chi connectivity index (χ4n) is 1.87. The van der Waals surface area contributed by atoms with Gasteiger partial charge in [-0.1, -0.05) is 12.1 Å². The van der Waals surface area contributed by atoms with Gasteiger partial charge in [0.05, 0.1) is 5.69 Å². The lowest BCUT2D eigenvalue weighted by Crippen LogP contribution is -2.41. The number of halogens is 1. The molecule has 20 heavy (non-hydrogen) atoms. The van der Waals surface area contributed by atoms with Gasteiger partial charge in [-0.15, -0.1) is 0 Å². The van der Waals surface area contributed by atoms with Crippen molar-refractivity contribution >= 4 is 11.6 Å². The van der Waals surface area contributed by atoms with Gasteiger partial charge in [-0.25, -0.2) is 4.39 Å². The Morgan fingerprint density at radius 1 is 1.35 bits per heavy atom. The van der Waals surface area contributed by atoms with Crippen LogP contribution in [0.4, 0.5) is 10.1 Å². The second kappa shape index (κ2) is 8.40. The SMILES string of the molecule is CN=C(NCCCN(C)c1ccccc1F)NC(C)C. The molecule has 0 aromatic heterocycles. The molecule has 1 aromatic rings. The van der Waals surface area contributed by atoms with Crippen LogP contribution < -0.4 is 15.5 Å². The standard InChI is InChI=1S/C15H25FN4/c1-12(2)19-15(17-3)18-10-7-11-20(4)14-9-6-5-8-13(14)16/h5-6,8-9,12H,7,10-11H2,1-4H3,(H2,17,18,19). The summed E-state index contributed by atoms with van der Waals surface area (Å²) in [4.78, 5) is 6.06. The summed E-state index contributed by atoms with van der Waals surface area (Å²) in [6.07, 6.45) is 0.906. The molecule has 0 amide bonds. The van der Waals surface area contributed by atoms with Crippen LogP contribution in [-0.2, 0) is 0 Å². The smallest absolute Gasteiger partial charge is 0.191 e. The maximum Gasteiger partial charge on any atom is 0.191 e. The number of aliphatic imine (C=N–C) groups is 1. The topological polar surface area (TPSA) is 39.7 Å². The molecule has 0 aliphatic carbocycles. The van der Waals surface area contributed by atoms with E-state index in [4.69, 9.17) is 0 Å². The molecule has 1 rings (SSSR count). The van der Waals surface area contributed by atoms with Gasteiger partial charge in [0.2, 0.25) is 0 Å². The first-order valence-corrected chi connectivity index (χ1v) is 6.97. The number of benzene rings is 1. The minimum atomic E-state index is -0.180. The van der Waals surface area contributed by atoms with Crippen LogP contribution in [0, 0.1) is 5.82 Å². The van der Waals surface area contributed by atoms with Crippen molar-refractivity contribution < 1.29 is 4.39 Å². The van der Waals surface area contributed by atoms with E-state index < -0.39 is 0 Å². The van der Waals surface area contributed by atoms with Crippen molar-refractivity contribution in [2.45, 2.75) is 26.3 Å². The Morgan fingerprint density at radius 2 is 2.05 bits per heavy atom. The molecular weight excluding hydrogens is 255 g/mol. The molecule has 0 heterocycles. The van der Waals surface area contributed by atoms with Gasteiger partial charge in [0.15, 0.2) is 5.96 Å². The van der Waals surface area contributed by atoms with Crippen LogP contribution in [0.2, 0.25) is 0 Å². The van der Waals surface area contributed by atoms with Gasteiger partial charge in [-0.05, 0) is 32.4 Å². The Balaban J connectivity index is 2.32. The third-order valence-corrected chi connectivity index (χ3v) is 2.88. The zero-order valence-electron chi connectivity index (χ0n) is 12.8. The van der Waals surface area contributed by atoms with E-state index in [-0.39, 0.29) is 5.82 Å². The average molecular weight is 280 g/mol. The second-order valence-corrected chi connectivity index (χ2v) is 5.02. The van der Waals surface area contributed by atoms with Gasteiger partial charge in [-0.3, -0.25) is 4.99 Å². The molecule has 0 spiro atoms. The lowest BCUT2D eigenvalue weighted by atomic mass is 10.2. The molecule has 0 aliphatic rings. The molecule has 0 saturated carbocycles. The Bertz CT molecular complexity index is 432. The first-order chi connectivity index (χ1) is 9.54. The Morgan fingerprint density at radius 3 is 2.65 bits per heavy atom. The first kappa shape index (κ1) is 16.3. The molecule has 0 bridgehead atoms. The molecule has 0 fully saturated rings. The molecular formula is C15H25FN4. The van der Waals surface area contributed by atoms with E-state index in [0.717, 1.165) is 25.5 Å². The number of para-hydroxylation sites is 1. The van der Waals surface area contributed by atoms with Crippen molar-refractivity contribution in [2.75, 3.05) is 32.1 Å². The summed E-state index contributed by atoms with van der Waals surface area (Å²) in [5.41, 5.74) is 0.636. The monoisotopic (exact) mass is 280 g/mol. The third-order valence-electron chi connectivity index (χ3n) is 2.88. The normalized spacial score (nSPS) is 11.6. The van der Waals surface area contributed by atoms with Gasteiger partial charge < -0.3 is 15.5 Å². The van der Waals surface area contributed by atoms with E-state index in [1.807, 2.05) is 18.0 Å². The molecule has 4 nitrogen and oxygen atoms in total. The van der Waals surface area contributed by atoms with Crippen LogP contribution in [0.3, 0.4) is 0 Å². The number of rotatable bonds is 6. The molecule has 0 atom stereocenters. The third kappa shape index (κ3) is 5.47. The highest BCUT2D eigenvalue weighted by Crippen LogP contribution is 2.16.